The van der Waals surface area contributed by atoms with E-state index in [4.69, 9.17) is 0 Å². The summed E-state index contributed by atoms with van der Waals surface area (Å²) in [6.07, 6.45) is 0.968. The summed E-state index contributed by atoms with van der Waals surface area (Å²) in [7, 11) is 0. The molecule has 2 aromatic rings. The average molecular weight is 427 g/mol. The van der Waals surface area contributed by atoms with E-state index < -0.39 is 6.04 Å². The molecule has 4 nitrogen and oxygen atoms in total. The number of carbonyl (C=O) groups excluding carboxylic acids is 2. The Hall–Kier alpha value is -2.27. The summed E-state index contributed by atoms with van der Waals surface area (Å²) in [4.78, 5) is 29.2. The minimum atomic E-state index is -0.488. The smallest absolute Gasteiger partial charge is 0.243 e. The van der Waals surface area contributed by atoms with Crippen LogP contribution in [-0.2, 0) is 16.1 Å². The quantitative estimate of drug-likeness (QED) is 0.561. The summed E-state index contributed by atoms with van der Waals surface area (Å²) in [5.74, 6) is 0.602. The zero-order valence-electron chi connectivity index (χ0n) is 18.8. The Kier molecular flexibility index (Phi) is 8.97. The molecule has 0 aromatic heterocycles. The molecule has 2 rings (SSSR count). The number of aryl methyl sites for hydroxylation is 1. The number of benzene rings is 2. The molecule has 1 N–H and O–H groups in total. The van der Waals surface area contributed by atoms with Crippen LogP contribution < -0.4 is 5.32 Å². The first-order chi connectivity index (χ1) is 14.2. The van der Waals surface area contributed by atoms with Gasteiger partial charge in [0.1, 0.15) is 6.04 Å². The van der Waals surface area contributed by atoms with Crippen LogP contribution in [0.15, 0.2) is 59.5 Å². The van der Waals surface area contributed by atoms with Gasteiger partial charge in [-0.25, -0.2) is 0 Å². The molecule has 2 amide bonds. The van der Waals surface area contributed by atoms with Crippen LogP contribution in [-0.4, -0.2) is 34.0 Å². The average Bonchev–Trinajstić information content (AvgIpc) is 2.68. The molecule has 0 aliphatic heterocycles. The Bertz CT molecular complexity index is 831. The van der Waals surface area contributed by atoms with E-state index in [1.807, 2.05) is 89.2 Å². The molecule has 162 valence electrons. The van der Waals surface area contributed by atoms with Crippen molar-refractivity contribution in [2.24, 2.45) is 0 Å². The topological polar surface area (TPSA) is 49.4 Å². The van der Waals surface area contributed by atoms with Crippen LogP contribution in [0.2, 0.25) is 0 Å². The fourth-order valence-corrected chi connectivity index (χ4v) is 4.12. The molecule has 0 aliphatic carbocycles. The van der Waals surface area contributed by atoms with Crippen LogP contribution in [0.1, 0.15) is 51.7 Å². The maximum atomic E-state index is 13.3. The lowest BCUT2D eigenvalue weighted by Gasteiger charge is -2.33. The van der Waals surface area contributed by atoms with Crippen LogP contribution in [0, 0.1) is 6.92 Å². The largest absolute Gasteiger partial charge is 0.350 e. The fourth-order valence-electron chi connectivity index (χ4n) is 3.26. The summed E-state index contributed by atoms with van der Waals surface area (Å²) in [6, 6.07) is 17.6. The summed E-state index contributed by atoms with van der Waals surface area (Å²) >= 11 is 1.67. The van der Waals surface area contributed by atoms with E-state index in [9.17, 15) is 9.59 Å². The number of carbonyl (C=O) groups is 2. The highest BCUT2D eigenvalue weighted by atomic mass is 32.2. The number of nitrogens with one attached hydrogen (secondary N) is 1. The number of amides is 2. The van der Waals surface area contributed by atoms with E-state index in [1.54, 1.807) is 16.7 Å². The van der Waals surface area contributed by atoms with E-state index in [-0.39, 0.29) is 17.4 Å². The second kappa shape index (κ2) is 11.2. The standard InChI is InChI=1S/C25H34N2O2S/c1-6-22(24(29)26-25(3,4)5)27(18-20-13-11-10-12-19(20)2)23(28)16-17-30-21-14-8-7-9-15-21/h7-15,22H,6,16-18H2,1-5H3,(H,26,29)/t22-/m0/s1. The maximum Gasteiger partial charge on any atom is 0.243 e. The highest BCUT2D eigenvalue weighted by molar-refractivity contribution is 7.99. The van der Waals surface area contributed by atoms with E-state index in [0.29, 0.717) is 25.1 Å². The van der Waals surface area contributed by atoms with Gasteiger partial charge in [0.2, 0.25) is 11.8 Å². The van der Waals surface area contributed by atoms with Crippen LogP contribution in [0.5, 0.6) is 0 Å². The van der Waals surface area contributed by atoms with Crippen LogP contribution >= 0.6 is 11.8 Å². The second-order valence-electron chi connectivity index (χ2n) is 8.52. The van der Waals surface area contributed by atoms with Crippen molar-refractivity contribution >= 4 is 23.6 Å². The summed E-state index contributed by atoms with van der Waals surface area (Å²) in [6.45, 7) is 10.3. The number of hydrogen-bond donors (Lipinski definition) is 1. The van der Waals surface area contributed by atoms with Gasteiger partial charge in [-0.15, -0.1) is 11.8 Å². The third kappa shape index (κ3) is 7.52. The molecule has 2 aromatic carbocycles. The van der Waals surface area contributed by atoms with Gasteiger partial charge in [-0.05, 0) is 57.4 Å². The van der Waals surface area contributed by atoms with E-state index >= 15 is 0 Å². The van der Waals surface area contributed by atoms with E-state index in [1.165, 1.54) is 0 Å². The van der Waals surface area contributed by atoms with Gasteiger partial charge < -0.3 is 10.2 Å². The predicted octanol–water partition coefficient (Wildman–Crippen LogP) is 5.20. The molecular weight excluding hydrogens is 392 g/mol. The zero-order valence-corrected chi connectivity index (χ0v) is 19.6. The van der Waals surface area contributed by atoms with Crippen molar-refractivity contribution in [3.05, 3.63) is 65.7 Å². The van der Waals surface area contributed by atoms with Gasteiger partial charge in [-0.1, -0.05) is 49.4 Å². The van der Waals surface area contributed by atoms with Crippen LogP contribution in [0.4, 0.5) is 0 Å². The first-order valence-electron chi connectivity index (χ1n) is 10.5. The molecule has 0 unspecified atom stereocenters. The lowest BCUT2D eigenvalue weighted by molar-refractivity contribution is -0.141. The lowest BCUT2D eigenvalue weighted by Crippen LogP contribution is -2.53. The molecule has 5 heteroatoms. The highest BCUT2D eigenvalue weighted by Gasteiger charge is 2.30. The van der Waals surface area contributed by atoms with Crippen molar-refractivity contribution in [3.8, 4) is 0 Å². The molecule has 0 saturated heterocycles. The monoisotopic (exact) mass is 426 g/mol. The van der Waals surface area contributed by atoms with E-state index in [0.717, 1.165) is 16.0 Å². The van der Waals surface area contributed by atoms with E-state index in [2.05, 4.69) is 5.32 Å². The van der Waals surface area contributed by atoms with Crippen LogP contribution in [0.3, 0.4) is 0 Å². The number of rotatable bonds is 9. The third-order valence-electron chi connectivity index (χ3n) is 4.81. The summed E-state index contributed by atoms with van der Waals surface area (Å²) in [5.41, 5.74) is 1.86. The number of nitrogens with zero attached hydrogens (tertiary/aromatic N) is 1. The Morgan fingerprint density at radius 2 is 1.67 bits per heavy atom. The van der Waals surface area contributed by atoms with Crippen molar-refractivity contribution in [2.45, 2.75) is 70.5 Å². The normalized spacial score (nSPS) is 12.3. The second-order valence-corrected chi connectivity index (χ2v) is 9.69. The first kappa shape index (κ1) is 24.0. The molecule has 30 heavy (non-hydrogen) atoms. The van der Waals surface area contributed by atoms with Gasteiger partial charge in [0.15, 0.2) is 0 Å². The fraction of sp³-hybridized carbons (Fsp3) is 0.440. The minimum absolute atomic E-state index is 0.0117. The first-order valence-corrected chi connectivity index (χ1v) is 11.5. The van der Waals surface area contributed by atoms with Gasteiger partial charge in [0.25, 0.3) is 0 Å². The molecule has 1 atom stereocenters. The molecule has 0 saturated carbocycles. The molecular formula is C25H34N2O2S. The molecule has 0 heterocycles. The van der Waals surface area contributed by atoms with Crippen molar-refractivity contribution in [1.82, 2.24) is 10.2 Å². The number of thioether (sulfide) groups is 1. The number of hydrogen-bond acceptors (Lipinski definition) is 3. The highest BCUT2D eigenvalue weighted by Crippen LogP contribution is 2.21. The van der Waals surface area contributed by atoms with Gasteiger partial charge >= 0.3 is 0 Å². The van der Waals surface area contributed by atoms with Gasteiger partial charge in [-0.3, -0.25) is 9.59 Å². The van der Waals surface area contributed by atoms with Crippen molar-refractivity contribution in [3.63, 3.8) is 0 Å². The summed E-state index contributed by atoms with van der Waals surface area (Å²) < 4.78 is 0. The maximum absolute atomic E-state index is 13.3. The Labute approximate surface area is 185 Å². The molecule has 0 fully saturated rings. The Morgan fingerprint density at radius 1 is 1.03 bits per heavy atom. The Balaban J connectivity index is 2.17. The van der Waals surface area contributed by atoms with Gasteiger partial charge in [-0.2, -0.15) is 0 Å². The third-order valence-corrected chi connectivity index (χ3v) is 5.83. The van der Waals surface area contributed by atoms with Gasteiger partial charge in [0, 0.05) is 29.2 Å². The SMILES string of the molecule is CC[C@@H](C(=O)NC(C)(C)C)N(Cc1ccccc1C)C(=O)CCSc1ccccc1. The summed E-state index contributed by atoms with van der Waals surface area (Å²) in [5, 5.41) is 3.05. The van der Waals surface area contributed by atoms with Gasteiger partial charge in [0.05, 0.1) is 0 Å². The molecule has 0 spiro atoms. The Morgan fingerprint density at radius 3 is 2.27 bits per heavy atom. The lowest BCUT2D eigenvalue weighted by atomic mass is 10.0. The van der Waals surface area contributed by atoms with Crippen molar-refractivity contribution < 1.29 is 9.59 Å². The molecule has 0 radical (unpaired) electrons. The minimum Gasteiger partial charge on any atom is -0.350 e. The molecule has 0 bridgehead atoms. The van der Waals surface area contributed by atoms with Crippen molar-refractivity contribution in [2.75, 3.05) is 5.75 Å². The molecule has 0 aliphatic rings. The zero-order chi connectivity index (χ0) is 22.1. The predicted molar refractivity (Wildman–Crippen MR) is 125 cm³/mol. The van der Waals surface area contributed by atoms with Crippen LogP contribution in [0.25, 0.3) is 0 Å². The van der Waals surface area contributed by atoms with Crippen molar-refractivity contribution in [1.29, 1.82) is 0 Å².